The van der Waals surface area contributed by atoms with Gasteiger partial charge in [0.15, 0.2) is 0 Å². The Kier molecular flexibility index (Phi) is 6.98. The van der Waals surface area contributed by atoms with Crippen LogP contribution in [0.15, 0.2) is 0 Å². The summed E-state index contributed by atoms with van der Waals surface area (Å²) in [7, 11) is 0. The van der Waals surface area contributed by atoms with Gasteiger partial charge < -0.3 is 21.1 Å². The van der Waals surface area contributed by atoms with E-state index < -0.39 is 30.4 Å². The van der Waals surface area contributed by atoms with Crippen molar-refractivity contribution in [3.8, 4) is 6.07 Å². The highest BCUT2D eigenvalue weighted by Gasteiger charge is 2.45. The molecule has 1 aliphatic heterocycles. The lowest BCUT2D eigenvalue weighted by atomic mass is 9.94. The van der Waals surface area contributed by atoms with Crippen molar-refractivity contribution in [2.45, 2.75) is 63.3 Å². The van der Waals surface area contributed by atoms with Crippen molar-refractivity contribution in [3.05, 3.63) is 0 Å². The Hall–Kier alpha value is -1.95. The number of rotatable bonds is 6. The molecule has 0 bridgehead atoms. The molecule has 3 aliphatic rings. The molecule has 0 aromatic rings. The van der Waals surface area contributed by atoms with Gasteiger partial charge in [-0.1, -0.05) is 0 Å². The van der Waals surface area contributed by atoms with Crippen LogP contribution in [0.2, 0.25) is 0 Å². The fourth-order valence-corrected chi connectivity index (χ4v) is 3.35. The van der Waals surface area contributed by atoms with Crippen molar-refractivity contribution >= 4 is 12.0 Å². The number of nitrogens with one attached hydrogen (secondary N) is 1. The number of halogens is 2. The van der Waals surface area contributed by atoms with E-state index in [0.29, 0.717) is 5.41 Å². The summed E-state index contributed by atoms with van der Waals surface area (Å²) in [5.41, 5.74) is 5.93. The minimum absolute atomic E-state index is 0.0874. The second-order valence-corrected chi connectivity index (χ2v) is 7.96. The smallest absolute Gasteiger partial charge is 0.407 e. The molecule has 1 spiro atoms. The van der Waals surface area contributed by atoms with Crippen molar-refractivity contribution in [2.24, 2.45) is 17.1 Å². The van der Waals surface area contributed by atoms with E-state index >= 15 is 0 Å². The van der Waals surface area contributed by atoms with E-state index in [0.717, 1.165) is 38.8 Å². The Labute approximate surface area is 157 Å². The van der Waals surface area contributed by atoms with Gasteiger partial charge in [-0.15, -0.1) is 0 Å². The number of hydrogen-bond donors (Lipinski definition) is 3. The van der Waals surface area contributed by atoms with E-state index in [1.165, 1.54) is 17.7 Å². The number of hydrogen-bond acceptors (Lipinski definition) is 4. The van der Waals surface area contributed by atoms with Gasteiger partial charge in [0.05, 0.1) is 12.1 Å². The molecule has 0 unspecified atom stereocenters. The van der Waals surface area contributed by atoms with Crippen molar-refractivity contribution in [1.82, 2.24) is 10.2 Å². The summed E-state index contributed by atoms with van der Waals surface area (Å²) in [6, 6.07) is 0.435. The summed E-state index contributed by atoms with van der Waals surface area (Å²) >= 11 is 0. The number of likely N-dealkylation sites (tertiary alicyclic amines) is 1. The normalized spacial score (nSPS) is 21.5. The van der Waals surface area contributed by atoms with E-state index in [4.69, 9.17) is 16.1 Å². The van der Waals surface area contributed by atoms with Crippen LogP contribution < -0.4 is 11.1 Å². The molecule has 152 valence electrons. The maximum Gasteiger partial charge on any atom is 0.407 e. The lowest BCUT2D eigenvalue weighted by Crippen LogP contribution is -2.44. The zero-order chi connectivity index (χ0) is 20.1. The molecule has 2 amide bonds. The van der Waals surface area contributed by atoms with E-state index in [1.54, 1.807) is 6.07 Å². The number of piperidine rings is 1. The minimum atomic E-state index is -2.88. The topological polar surface area (TPSA) is 119 Å². The number of carboxylic acid groups (broad SMARTS) is 1. The zero-order valence-electron chi connectivity index (χ0n) is 15.4. The molecular weight excluding hydrogens is 358 g/mol. The zero-order valence-corrected chi connectivity index (χ0v) is 15.4. The fourth-order valence-electron chi connectivity index (χ4n) is 3.35. The highest BCUT2D eigenvalue weighted by molar-refractivity contribution is 5.81. The molecular formula is C18H28F2N4O3. The average molecular weight is 386 g/mol. The quantitative estimate of drug-likeness (QED) is 0.605. The molecule has 4 N–H and O–H groups in total. The predicted octanol–water partition coefficient (Wildman–Crippen LogP) is 2.32. The fraction of sp³-hybridized carbons (Fsp3) is 0.833. The lowest BCUT2D eigenvalue weighted by Gasteiger charge is -2.29. The third-order valence-electron chi connectivity index (χ3n) is 5.53. The van der Waals surface area contributed by atoms with Gasteiger partial charge in [0.2, 0.25) is 11.8 Å². The molecule has 27 heavy (non-hydrogen) atoms. The summed E-state index contributed by atoms with van der Waals surface area (Å²) in [5, 5.41) is 19.0. The van der Waals surface area contributed by atoms with Gasteiger partial charge in [0.1, 0.15) is 6.54 Å². The van der Waals surface area contributed by atoms with Crippen LogP contribution in [0, 0.1) is 22.7 Å². The second kappa shape index (κ2) is 8.83. The Morgan fingerprint density at radius 1 is 1.30 bits per heavy atom. The molecule has 1 heterocycles. The van der Waals surface area contributed by atoms with Crippen molar-refractivity contribution in [3.63, 3.8) is 0 Å². The Morgan fingerprint density at radius 3 is 2.33 bits per heavy atom. The number of carbonyl (C=O) groups is 2. The first-order chi connectivity index (χ1) is 12.7. The highest BCUT2D eigenvalue weighted by atomic mass is 19.3. The molecule has 9 heteroatoms. The molecule has 0 aromatic heterocycles. The van der Waals surface area contributed by atoms with Crippen molar-refractivity contribution < 1.29 is 23.5 Å². The summed E-state index contributed by atoms with van der Waals surface area (Å²) < 4.78 is 26.6. The number of nitrogens with zero attached hydrogens (tertiary/aromatic N) is 2. The van der Waals surface area contributed by atoms with Crippen molar-refractivity contribution in [2.75, 3.05) is 19.6 Å². The molecule has 2 aliphatic carbocycles. The van der Waals surface area contributed by atoms with E-state index in [-0.39, 0.29) is 18.9 Å². The molecule has 0 aromatic carbocycles. The van der Waals surface area contributed by atoms with Crippen LogP contribution in [0.5, 0.6) is 0 Å². The van der Waals surface area contributed by atoms with Gasteiger partial charge in [-0.05, 0) is 49.9 Å². The third kappa shape index (κ3) is 7.29. The number of alkyl halides is 2. The number of nitriles is 1. The van der Waals surface area contributed by atoms with Crippen LogP contribution in [-0.4, -0.2) is 53.6 Å². The summed E-state index contributed by atoms with van der Waals surface area (Å²) in [4.78, 5) is 23.2. The summed E-state index contributed by atoms with van der Waals surface area (Å²) in [6.45, 7) is 1.31. The van der Waals surface area contributed by atoms with Crippen LogP contribution in [0.25, 0.3) is 0 Å². The van der Waals surface area contributed by atoms with Crippen LogP contribution in [0.4, 0.5) is 13.6 Å². The number of carbonyl (C=O) groups excluding carboxylic acids is 1. The van der Waals surface area contributed by atoms with Crippen LogP contribution in [0.1, 0.15) is 51.4 Å². The molecule has 2 saturated carbocycles. The van der Waals surface area contributed by atoms with E-state index in [2.05, 4.69) is 5.32 Å². The summed E-state index contributed by atoms with van der Waals surface area (Å²) in [5.74, 6) is -3.49. The number of amides is 2. The van der Waals surface area contributed by atoms with Crippen LogP contribution in [-0.2, 0) is 4.79 Å². The summed E-state index contributed by atoms with van der Waals surface area (Å²) in [6.07, 6.45) is 4.95. The van der Waals surface area contributed by atoms with E-state index in [1.807, 2.05) is 0 Å². The van der Waals surface area contributed by atoms with Gasteiger partial charge in [-0.2, -0.15) is 5.26 Å². The van der Waals surface area contributed by atoms with Gasteiger partial charge in [0, 0.05) is 25.9 Å². The van der Waals surface area contributed by atoms with E-state index in [9.17, 15) is 18.4 Å². The molecule has 0 radical (unpaired) electrons. The first-order valence-electron chi connectivity index (χ1n) is 9.42. The third-order valence-corrected chi connectivity index (χ3v) is 5.53. The largest absolute Gasteiger partial charge is 0.465 e. The minimum Gasteiger partial charge on any atom is -0.465 e. The number of nitrogens with two attached hydrogens (primary N) is 1. The Morgan fingerprint density at radius 2 is 1.89 bits per heavy atom. The standard InChI is InChI=1S/C10H15F2N3O.C8H13NO2/c11-10(12,5-7-1-2-7)6-8(14)9(16)15-4-3-13;10-7(11)9-5-3-8(1-2-8)4-6-9/h7-8H,1-2,4-6,14H2,(H,15,16);1-6H2,(H,10,11)/t8-;/m0./s1. The predicted molar refractivity (Wildman–Crippen MR) is 94.0 cm³/mol. The molecule has 3 rings (SSSR count). The first-order valence-corrected chi connectivity index (χ1v) is 9.42. The van der Waals surface area contributed by atoms with Gasteiger partial charge >= 0.3 is 6.09 Å². The first kappa shape index (κ1) is 21.4. The van der Waals surface area contributed by atoms with Crippen LogP contribution >= 0.6 is 0 Å². The molecule has 1 atom stereocenters. The lowest BCUT2D eigenvalue weighted by molar-refractivity contribution is -0.125. The van der Waals surface area contributed by atoms with Gasteiger partial charge in [-0.3, -0.25) is 4.79 Å². The second-order valence-electron chi connectivity index (χ2n) is 7.96. The highest BCUT2D eigenvalue weighted by Crippen LogP contribution is 2.53. The van der Waals surface area contributed by atoms with Crippen LogP contribution in [0.3, 0.4) is 0 Å². The average Bonchev–Trinajstić information content (AvgIpc) is 3.52. The molecule has 1 saturated heterocycles. The maximum absolute atomic E-state index is 13.3. The van der Waals surface area contributed by atoms with Crippen molar-refractivity contribution in [1.29, 1.82) is 5.26 Å². The maximum atomic E-state index is 13.3. The molecule has 3 fully saturated rings. The SMILES string of the molecule is N#CCNC(=O)[C@@H](N)CC(F)(F)CC1CC1.O=C(O)N1CCC2(CC1)CC2. The Balaban J connectivity index is 0.000000206. The monoisotopic (exact) mass is 386 g/mol. The van der Waals surface area contributed by atoms with Gasteiger partial charge in [0.25, 0.3) is 0 Å². The van der Waals surface area contributed by atoms with Gasteiger partial charge in [-0.25, -0.2) is 13.6 Å². The molecule has 7 nitrogen and oxygen atoms in total. The Bertz CT molecular complexity index is 576.